The van der Waals surface area contributed by atoms with Crippen LogP contribution in [0.4, 0.5) is 0 Å². The zero-order chi connectivity index (χ0) is 12.0. The average Bonchev–Trinajstić information content (AvgIpc) is 2.29. The van der Waals surface area contributed by atoms with E-state index in [9.17, 15) is 9.59 Å². The van der Waals surface area contributed by atoms with Crippen LogP contribution in [0.25, 0.3) is 0 Å². The van der Waals surface area contributed by atoms with E-state index >= 15 is 0 Å². The van der Waals surface area contributed by atoms with Gasteiger partial charge in [0.25, 0.3) is 0 Å². The lowest BCUT2D eigenvalue weighted by atomic mass is 10.3. The third-order valence-electron chi connectivity index (χ3n) is 1.88. The van der Waals surface area contributed by atoms with Gasteiger partial charge >= 0.3 is 11.9 Å². The van der Waals surface area contributed by atoms with Gasteiger partial charge in [-0.25, -0.2) is 0 Å². The molecule has 0 aromatic heterocycles. The number of carboxylic acids is 1. The summed E-state index contributed by atoms with van der Waals surface area (Å²) < 4.78 is 4.45. The van der Waals surface area contributed by atoms with Crippen LogP contribution in [0, 0.1) is 0 Å². The van der Waals surface area contributed by atoms with Gasteiger partial charge in [0.15, 0.2) is 0 Å². The second kappa shape index (κ2) is 6.17. The van der Waals surface area contributed by atoms with E-state index in [4.69, 9.17) is 5.11 Å². The number of esters is 1. The Hall–Kier alpha value is -1.49. The van der Waals surface area contributed by atoms with Gasteiger partial charge in [0.05, 0.1) is 13.5 Å². The Balaban J connectivity index is 2.65. The summed E-state index contributed by atoms with van der Waals surface area (Å²) in [7, 11) is 1.24. The number of methoxy groups -OCH3 is 1. The van der Waals surface area contributed by atoms with Crippen molar-refractivity contribution in [3.05, 3.63) is 30.3 Å². The van der Waals surface area contributed by atoms with Crippen molar-refractivity contribution in [3.63, 3.8) is 0 Å². The molecule has 1 aromatic carbocycles. The quantitative estimate of drug-likeness (QED) is 0.628. The molecule has 0 aliphatic rings. The predicted octanol–water partition coefficient (Wildman–Crippen LogP) is 1.79. The van der Waals surface area contributed by atoms with Crippen LogP contribution in [0.15, 0.2) is 35.2 Å². The third-order valence-corrected chi connectivity index (χ3v) is 3.07. The number of ether oxygens (including phenoxy) is 1. The minimum absolute atomic E-state index is 0.134. The maximum absolute atomic E-state index is 11.0. The number of thioether (sulfide) groups is 1. The van der Waals surface area contributed by atoms with Crippen molar-refractivity contribution < 1.29 is 19.4 Å². The summed E-state index contributed by atoms with van der Waals surface area (Å²) in [6.45, 7) is 0. The maximum Gasteiger partial charge on any atom is 0.317 e. The number of rotatable bonds is 5. The Morgan fingerprint density at radius 3 is 2.50 bits per heavy atom. The molecule has 1 atom stereocenters. The molecule has 0 saturated heterocycles. The molecule has 16 heavy (non-hydrogen) atoms. The van der Waals surface area contributed by atoms with Gasteiger partial charge in [-0.05, 0) is 12.1 Å². The van der Waals surface area contributed by atoms with Gasteiger partial charge < -0.3 is 9.84 Å². The molecule has 1 rings (SSSR count). The topological polar surface area (TPSA) is 63.6 Å². The van der Waals surface area contributed by atoms with E-state index in [2.05, 4.69) is 4.74 Å². The van der Waals surface area contributed by atoms with Crippen molar-refractivity contribution >= 4 is 23.7 Å². The highest BCUT2D eigenvalue weighted by molar-refractivity contribution is 8.00. The fourth-order valence-electron chi connectivity index (χ4n) is 1.08. The van der Waals surface area contributed by atoms with Gasteiger partial charge in [0.1, 0.15) is 5.25 Å². The zero-order valence-electron chi connectivity index (χ0n) is 8.75. The Kier molecular flexibility index (Phi) is 4.85. The number of carboxylic acid groups (broad SMARTS) is 1. The van der Waals surface area contributed by atoms with Crippen LogP contribution in [0.3, 0.4) is 0 Å². The normalized spacial score (nSPS) is 11.8. The Morgan fingerprint density at radius 1 is 1.38 bits per heavy atom. The molecule has 0 amide bonds. The summed E-state index contributed by atoms with van der Waals surface area (Å²) in [4.78, 5) is 22.8. The van der Waals surface area contributed by atoms with Gasteiger partial charge in [-0.1, -0.05) is 18.2 Å². The van der Waals surface area contributed by atoms with E-state index in [-0.39, 0.29) is 6.42 Å². The van der Waals surface area contributed by atoms with Crippen LogP contribution in [-0.2, 0) is 14.3 Å². The van der Waals surface area contributed by atoms with E-state index < -0.39 is 17.2 Å². The first kappa shape index (κ1) is 12.6. The van der Waals surface area contributed by atoms with Crippen molar-refractivity contribution in [2.45, 2.75) is 16.6 Å². The van der Waals surface area contributed by atoms with E-state index in [1.807, 2.05) is 18.2 Å². The average molecular weight is 240 g/mol. The molecule has 86 valence electrons. The van der Waals surface area contributed by atoms with E-state index in [0.717, 1.165) is 16.7 Å². The minimum Gasteiger partial charge on any atom is -0.480 e. The van der Waals surface area contributed by atoms with Gasteiger partial charge in [0, 0.05) is 4.90 Å². The lowest BCUT2D eigenvalue weighted by molar-refractivity contribution is -0.145. The zero-order valence-corrected chi connectivity index (χ0v) is 9.57. The van der Waals surface area contributed by atoms with Crippen LogP contribution in [0.2, 0.25) is 0 Å². The highest BCUT2D eigenvalue weighted by Crippen LogP contribution is 2.25. The molecule has 0 spiro atoms. The van der Waals surface area contributed by atoms with Crippen molar-refractivity contribution in [1.82, 2.24) is 0 Å². The first-order chi connectivity index (χ1) is 7.63. The van der Waals surface area contributed by atoms with Crippen LogP contribution < -0.4 is 0 Å². The summed E-state index contributed by atoms with van der Waals surface area (Å²) in [5.41, 5.74) is 0. The van der Waals surface area contributed by atoms with Gasteiger partial charge in [-0.2, -0.15) is 0 Å². The standard InChI is InChI=1S/C11H12O4S/c1-15-10(12)7-9(11(13)14)16-8-5-3-2-4-6-8/h2-6,9H,7H2,1H3,(H,13,14). The Labute approximate surface area is 97.6 Å². The molecule has 4 nitrogen and oxygen atoms in total. The Bertz CT molecular complexity index is 364. The summed E-state index contributed by atoms with van der Waals surface area (Å²) in [6.07, 6.45) is -0.134. The molecule has 5 heteroatoms. The van der Waals surface area contributed by atoms with E-state index in [0.29, 0.717) is 0 Å². The number of benzene rings is 1. The van der Waals surface area contributed by atoms with E-state index in [1.165, 1.54) is 7.11 Å². The highest BCUT2D eigenvalue weighted by atomic mass is 32.2. The second-order valence-corrected chi connectivity index (χ2v) is 4.31. The summed E-state index contributed by atoms with van der Waals surface area (Å²) in [5, 5.41) is 8.14. The monoisotopic (exact) mass is 240 g/mol. The predicted molar refractivity (Wildman–Crippen MR) is 60.4 cm³/mol. The lowest BCUT2D eigenvalue weighted by Gasteiger charge is -2.10. The largest absolute Gasteiger partial charge is 0.480 e. The molecule has 1 aromatic rings. The summed E-state index contributed by atoms with van der Waals surface area (Å²) in [5.74, 6) is -1.53. The smallest absolute Gasteiger partial charge is 0.317 e. The molecule has 0 aliphatic heterocycles. The van der Waals surface area contributed by atoms with Crippen LogP contribution in [0.1, 0.15) is 6.42 Å². The minimum atomic E-state index is -1.01. The molecule has 0 radical (unpaired) electrons. The van der Waals surface area contributed by atoms with Gasteiger partial charge in [0.2, 0.25) is 0 Å². The second-order valence-electron chi connectivity index (χ2n) is 3.04. The molecular formula is C11H12O4S. The van der Waals surface area contributed by atoms with Crippen LogP contribution in [0.5, 0.6) is 0 Å². The molecule has 0 heterocycles. The first-order valence-electron chi connectivity index (χ1n) is 4.65. The van der Waals surface area contributed by atoms with Crippen molar-refractivity contribution in [2.24, 2.45) is 0 Å². The van der Waals surface area contributed by atoms with Crippen molar-refractivity contribution in [3.8, 4) is 0 Å². The van der Waals surface area contributed by atoms with Crippen molar-refractivity contribution in [2.75, 3.05) is 7.11 Å². The SMILES string of the molecule is COC(=O)CC(Sc1ccccc1)C(=O)O. The van der Waals surface area contributed by atoms with Crippen LogP contribution in [-0.4, -0.2) is 29.4 Å². The molecule has 0 saturated carbocycles. The van der Waals surface area contributed by atoms with E-state index in [1.54, 1.807) is 12.1 Å². The lowest BCUT2D eigenvalue weighted by Crippen LogP contribution is -2.21. The summed E-state index contributed by atoms with van der Waals surface area (Å²) >= 11 is 1.14. The highest BCUT2D eigenvalue weighted by Gasteiger charge is 2.22. The van der Waals surface area contributed by atoms with Crippen LogP contribution >= 0.6 is 11.8 Å². The number of hydrogen-bond donors (Lipinski definition) is 1. The molecule has 0 bridgehead atoms. The summed E-state index contributed by atoms with van der Waals surface area (Å²) in [6, 6.07) is 9.09. The fourth-order valence-corrected chi connectivity index (χ4v) is 2.04. The van der Waals surface area contributed by atoms with Crippen molar-refractivity contribution in [1.29, 1.82) is 0 Å². The van der Waals surface area contributed by atoms with Gasteiger partial charge in [-0.3, -0.25) is 9.59 Å². The molecule has 0 aliphatic carbocycles. The molecule has 1 unspecified atom stereocenters. The molecule has 0 fully saturated rings. The number of carbonyl (C=O) groups excluding carboxylic acids is 1. The third kappa shape index (κ3) is 3.94. The fraction of sp³-hybridized carbons (Fsp3) is 0.273. The molecular weight excluding hydrogens is 228 g/mol. The first-order valence-corrected chi connectivity index (χ1v) is 5.52. The molecule has 1 N–H and O–H groups in total. The number of hydrogen-bond acceptors (Lipinski definition) is 4. The number of carbonyl (C=O) groups is 2. The van der Waals surface area contributed by atoms with Gasteiger partial charge in [-0.15, -0.1) is 11.8 Å². The number of aliphatic carboxylic acids is 1. The Morgan fingerprint density at radius 2 is 2.00 bits per heavy atom. The maximum atomic E-state index is 11.0.